The summed E-state index contributed by atoms with van der Waals surface area (Å²) in [5.74, 6) is 1.69. The lowest BCUT2D eigenvalue weighted by atomic mass is 10.1. The number of anilines is 1. The summed E-state index contributed by atoms with van der Waals surface area (Å²) < 4.78 is 5.92. The Morgan fingerprint density at radius 2 is 1.58 bits per heavy atom. The number of rotatable bonds is 5. The van der Waals surface area contributed by atoms with Gasteiger partial charge in [-0.15, -0.1) is 0 Å². The number of fused-ring (bicyclic) bond motifs is 1. The van der Waals surface area contributed by atoms with Crippen molar-refractivity contribution in [2.24, 2.45) is 0 Å². The molecule has 1 amide bonds. The number of nitrogens with one attached hydrogen (secondary N) is 2. The molecule has 0 aliphatic heterocycles. The Balaban J connectivity index is 1.39. The van der Waals surface area contributed by atoms with Gasteiger partial charge in [0.25, 0.3) is 5.91 Å². The number of carbonyl (C=O) groups is 1. The van der Waals surface area contributed by atoms with Crippen molar-refractivity contribution in [3.8, 4) is 22.9 Å². The molecule has 5 rings (SSSR count). The summed E-state index contributed by atoms with van der Waals surface area (Å²) in [7, 11) is 0. The second-order valence-corrected chi connectivity index (χ2v) is 7.05. The van der Waals surface area contributed by atoms with E-state index in [2.05, 4.69) is 15.3 Å². The zero-order valence-corrected chi connectivity index (χ0v) is 16.6. The van der Waals surface area contributed by atoms with Crippen LogP contribution in [0.5, 0.6) is 11.5 Å². The Labute approximate surface area is 179 Å². The molecule has 1 heterocycles. The number of para-hydroxylation sites is 4. The normalized spacial score (nSPS) is 10.7. The summed E-state index contributed by atoms with van der Waals surface area (Å²) in [6, 6.07) is 32.1. The van der Waals surface area contributed by atoms with Crippen molar-refractivity contribution in [1.82, 2.24) is 9.97 Å². The average molecular weight is 405 g/mol. The fourth-order valence-electron chi connectivity index (χ4n) is 3.39. The molecular weight excluding hydrogens is 386 g/mol. The highest BCUT2D eigenvalue weighted by Crippen LogP contribution is 2.27. The van der Waals surface area contributed by atoms with E-state index < -0.39 is 0 Å². The zero-order chi connectivity index (χ0) is 21.0. The van der Waals surface area contributed by atoms with Crippen LogP contribution in [0.4, 0.5) is 5.69 Å². The van der Waals surface area contributed by atoms with Crippen LogP contribution in [0, 0.1) is 0 Å². The lowest BCUT2D eigenvalue weighted by molar-refractivity contribution is 0.102. The quantitative estimate of drug-likeness (QED) is 0.362. The second-order valence-electron chi connectivity index (χ2n) is 7.05. The monoisotopic (exact) mass is 405 g/mol. The van der Waals surface area contributed by atoms with E-state index in [4.69, 9.17) is 4.74 Å². The molecule has 2 N–H and O–H groups in total. The maximum absolute atomic E-state index is 13.0. The predicted octanol–water partition coefficient (Wildman–Crippen LogP) is 6.27. The Hall–Kier alpha value is -4.38. The highest BCUT2D eigenvalue weighted by atomic mass is 16.5. The highest BCUT2D eigenvalue weighted by molar-refractivity contribution is 6.06. The van der Waals surface area contributed by atoms with Crippen molar-refractivity contribution in [1.29, 1.82) is 0 Å². The summed E-state index contributed by atoms with van der Waals surface area (Å²) in [4.78, 5) is 21.0. The summed E-state index contributed by atoms with van der Waals surface area (Å²) in [5.41, 5.74) is 3.90. The fraction of sp³-hybridized carbons (Fsp3) is 0. The minimum Gasteiger partial charge on any atom is -0.457 e. The van der Waals surface area contributed by atoms with Gasteiger partial charge < -0.3 is 15.0 Å². The number of carbonyl (C=O) groups excluding carboxylic acids is 1. The van der Waals surface area contributed by atoms with Crippen LogP contribution in [0.1, 0.15) is 10.4 Å². The van der Waals surface area contributed by atoms with E-state index in [0.29, 0.717) is 22.7 Å². The number of imidazole rings is 1. The van der Waals surface area contributed by atoms with Gasteiger partial charge in [0.2, 0.25) is 0 Å². The molecule has 0 radical (unpaired) electrons. The van der Waals surface area contributed by atoms with Crippen LogP contribution in [0.15, 0.2) is 103 Å². The number of aromatic amines is 1. The van der Waals surface area contributed by atoms with E-state index in [1.807, 2.05) is 91.0 Å². The third-order valence-electron chi connectivity index (χ3n) is 4.89. The van der Waals surface area contributed by atoms with Crippen molar-refractivity contribution in [2.75, 3.05) is 5.32 Å². The third-order valence-corrected chi connectivity index (χ3v) is 4.89. The molecule has 0 aliphatic carbocycles. The molecule has 0 saturated heterocycles. The van der Waals surface area contributed by atoms with E-state index >= 15 is 0 Å². The fourth-order valence-corrected chi connectivity index (χ4v) is 3.39. The van der Waals surface area contributed by atoms with Crippen molar-refractivity contribution in [3.05, 3.63) is 109 Å². The molecule has 0 bridgehead atoms. The van der Waals surface area contributed by atoms with Crippen molar-refractivity contribution in [3.63, 3.8) is 0 Å². The lowest BCUT2D eigenvalue weighted by Crippen LogP contribution is -2.13. The van der Waals surface area contributed by atoms with E-state index in [0.717, 1.165) is 22.4 Å². The van der Waals surface area contributed by atoms with Crippen LogP contribution in [-0.4, -0.2) is 15.9 Å². The molecule has 5 aromatic rings. The average Bonchev–Trinajstić information content (AvgIpc) is 3.25. The molecule has 0 saturated carbocycles. The first kappa shape index (κ1) is 18.6. The molecule has 5 nitrogen and oxygen atoms in total. The first-order chi connectivity index (χ1) is 15.3. The number of hydrogen-bond acceptors (Lipinski definition) is 3. The molecule has 0 atom stereocenters. The number of nitrogens with zero attached hydrogens (tertiary/aromatic N) is 1. The molecule has 1 aromatic heterocycles. The molecule has 4 aromatic carbocycles. The largest absolute Gasteiger partial charge is 0.457 e. The number of amides is 1. The van der Waals surface area contributed by atoms with Gasteiger partial charge in [0.05, 0.1) is 16.6 Å². The van der Waals surface area contributed by atoms with Crippen LogP contribution in [0.3, 0.4) is 0 Å². The van der Waals surface area contributed by atoms with E-state index in [1.54, 1.807) is 12.1 Å². The molecule has 0 spiro atoms. The van der Waals surface area contributed by atoms with Crippen LogP contribution >= 0.6 is 0 Å². The number of ether oxygens (including phenoxy) is 1. The third kappa shape index (κ3) is 4.02. The first-order valence-corrected chi connectivity index (χ1v) is 9.95. The van der Waals surface area contributed by atoms with Crippen LogP contribution in [-0.2, 0) is 0 Å². The van der Waals surface area contributed by atoms with Gasteiger partial charge >= 0.3 is 0 Å². The Morgan fingerprint density at radius 3 is 2.45 bits per heavy atom. The van der Waals surface area contributed by atoms with Crippen LogP contribution in [0.25, 0.3) is 22.4 Å². The van der Waals surface area contributed by atoms with Gasteiger partial charge in [0.1, 0.15) is 17.3 Å². The molecular formula is C26H19N3O2. The Kier molecular flexibility index (Phi) is 4.91. The van der Waals surface area contributed by atoms with Gasteiger partial charge in [-0.1, -0.05) is 54.6 Å². The minimum atomic E-state index is -0.242. The summed E-state index contributed by atoms with van der Waals surface area (Å²) >= 11 is 0. The summed E-state index contributed by atoms with van der Waals surface area (Å²) in [6.07, 6.45) is 0. The molecule has 0 fully saturated rings. The van der Waals surface area contributed by atoms with E-state index in [9.17, 15) is 4.79 Å². The Morgan fingerprint density at radius 1 is 0.806 bits per heavy atom. The molecule has 31 heavy (non-hydrogen) atoms. The van der Waals surface area contributed by atoms with Gasteiger partial charge in [-0.05, 0) is 48.5 Å². The number of benzene rings is 4. The SMILES string of the molecule is O=C(Nc1cccc(-c2nc3ccccc3[nH]2)c1)c1ccccc1Oc1ccccc1. The highest BCUT2D eigenvalue weighted by Gasteiger charge is 2.14. The zero-order valence-electron chi connectivity index (χ0n) is 16.6. The van der Waals surface area contributed by atoms with Crippen LogP contribution in [0.2, 0.25) is 0 Å². The van der Waals surface area contributed by atoms with Crippen molar-refractivity contribution in [2.45, 2.75) is 0 Å². The van der Waals surface area contributed by atoms with Crippen LogP contribution < -0.4 is 10.1 Å². The smallest absolute Gasteiger partial charge is 0.259 e. The minimum absolute atomic E-state index is 0.242. The standard InChI is InChI=1S/C26H19N3O2/c30-26(21-13-4-7-16-24(21)31-20-11-2-1-3-12-20)27-19-10-8-9-18(17-19)25-28-22-14-5-6-15-23(22)29-25/h1-17H,(H,27,30)(H,28,29). The molecule has 150 valence electrons. The molecule has 0 unspecified atom stereocenters. The van der Waals surface area contributed by atoms with E-state index in [-0.39, 0.29) is 5.91 Å². The van der Waals surface area contributed by atoms with E-state index in [1.165, 1.54) is 0 Å². The van der Waals surface area contributed by atoms with Gasteiger partial charge in [-0.2, -0.15) is 0 Å². The number of hydrogen-bond donors (Lipinski definition) is 2. The number of aromatic nitrogens is 2. The Bertz CT molecular complexity index is 1330. The molecule has 5 heteroatoms. The summed E-state index contributed by atoms with van der Waals surface area (Å²) in [5, 5.41) is 2.97. The topological polar surface area (TPSA) is 67.0 Å². The second kappa shape index (κ2) is 8.16. The van der Waals surface area contributed by atoms with Gasteiger partial charge in [0.15, 0.2) is 0 Å². The number of H-pyrrole nitrogens is 1. The molecule has 0 aliphatic rings. The van der Waals surface area contributed by atoms with Gasteiger partial charge in [-0.25, -0.2) is 4.98 Å². The first-order valence-electron chi connectivity index (χ1n) is 9.95. The van der Waals surface area contributed by atoms with Crippen molar-refractivity contribution >= 4 is 22.6 Å². The van der Waals surface area contributed by atoms with Gasteiger partial charge in [0, 0.05) is 11.3 Å². The van der Waals surface area contributed by atoms with Gasteiger partial charge in [-0.3, -0.25) is 4.79 Å². The summed E-state index contributed by atoms with van der Waals surface area (Å²) in [6.45, 7) is 0. The lowest BCUT2D eigenvalue weighted by Gasteiger charge is -2.12. The maximum atomic E-state index is 13.0. The maximum Gasteiger partial charge on any atom is 0.259 e. The predicted molar refractivity (Wildman–Crippen MR) is 122 cm³/mol. The van der Waals surface area contributed by atoms with Crippen molar-refractivity contribution < 1.29 is 9.53 Å².